The number of hydrogen-bond acceptors (Lipinski definition) is 5. The second-order valence-electron chi connectivity index (χ2n) is 6.08. The van der Waals surface area contributed by atoms with Crippen LogP contribution in [0.4, 0.5) is 0 Å². The molecule has 0 aliphatic carbocycles. The van der Waals surface area contributed by atoms with Crippen molar-refractivity contribution in [3.05, 3.63) is 22.4 Å². The Morgan fingerprint density at radius 2 is 2.17 bits per heavy atom. The van der Waals surface area contributed by atoms with Crippen molar-refractivity contribution in [2.24, 2.45) is 0 Å². The van der Waals surface area contributed by atoms with Gasteiger partial charge < -0.3 is 15.3 Å². The summed E-state index contributed by atoms with van der Waals surface area (Å²) in [5.41, 5.74) is 0. The van der Waals surface area contributed by atoms with Gasteiger partial charge in [-0.05, 0) is 25.3 Å². The highest BCUT2D eigenvalue weighted by molar-refractivity contribution is 7.87. The fourth-order valence-corrected chi connectivity index (χ4v) is 5.71. The SMILES string of the molecule is CC1(C)[C@H](C(=O)O)N2C(=O)[C@@H](NC(=O)Cc3cccs3)[C@H]2S1=O. The van der Waals surface area contributed by atoms with Crippen LogP contribution < -0.4 is 5.32 Å². The van der Waals surface area contributed by atoms with Crippen LogP contribution in [0.2, 0.25) is 0 Å². The van der Waals surface area contributed by atoms with E-state index in [1.165, 1.54) is 11.3 Å². The van der Waals surface area contributed by atoms with Gasteiger partial charge in [-0.3, -0.25) is 13.8 Å². The highest BCUT2D eigenvalue weighted by Crippen LogP contribution is 2.43. The van der Waals surface area contributed by atoms with Gasteiger partial charge in [0.25, 0.3) is 0 Å². The summed E-state index contributed by atoms with van der Waals surface area (Å²) < 4.78 is 11.5. The van der Waals surface area contributed by atoms with Crippen LogP contribution >= 0.6 is 11.3 Å². The molecule has 3 heterocycles. The number of thiophene rings is 1. The van der Waals surface area contributed by atoms with Crippen molar-refractivity contribution in [3.63, 3.8) is 0 Å². The fourth-order valence-electron chi connectivity index (χ4n) is 3.09. The lowest BCUT2D eigenvalue weighted by Crippen LogP contribution is -2.71. The zero-order chi connectivity index (χ0) is 16.9. The van der Waals surface area contributed by atoms with Crippen LogP contribution in [-0.2, 0) is 31.6 Å². The van der Waals surface area contributed by atoms with Gasteiger partial charge in [-0.2, -0.15) is 0 Å². The van der Waals surface area contributed by atoms with Crippen molar-refractivity contribution in [1.29, 1.82) is 0 Å². The predicted octanol–water partition coefficient (Wildman–Crippen LogP) is -0.0622. The van der Waals surface area contributed by atoms with Crippen molar-refractivity contribution in [2.75, 3.05) is 0 Å². The van der Waals surface area contributed by atoms with E-state index in [0.717, 1.165) is 9.78 Å². The van der Waals surface area contributed by atoms with Crippen LogP contribution in [0.25, 0.3) is 0 Å². The van der Waals surface area contributed by atoms with E-state index in [1.54, 1.807) is 13.8 Å². The Hall–Kier alpha value is -1.74. The normalized spacial score (nSPS) is 31.4. The first-order valence-corrected chi connectivity index (χ1v) is 9.12. The quantitative estimate of drug-likeness (QED) is 0.736. The molecule has 4 atom stereocenters. The van der Waals surface area contributed by atoms with Gasteiger partial charge in [-0.1, -0.05) is 6.07 Å². The van der Waals surface area contributed by atoms with Gasteiger partial charge in [-0.15, -0.1) is 11.3 Å². The molecule has 3 rings (SSSR count). The Morgan fingerprint density at radius 1 is 1.48 bits per heavy atom. The molecule has 1 aromatic rings. The maximum absolute atomic E-state index is 12.6. The molecule has 0 aromatic carbocycles. The summed E-state index contributed by atoms with van der Waals surface area (Å²) in [4.78, 5) is 37.7. The Balaban J connectivity index is 1.75. The minimum atomic E-state index is -1.57. The summed E-state index contributed by atoms with van der Waals surface area (Å²) in [6.45, 7) is 3.13. The van der Waals surface area contributed by atoms with Crippen molar-refractivity contribution in [3.8, 4) is 0 Å². The second-order valence-corrected chi connectivity index (χ2v) is 9.24. The maximum atomic E-state index is 12.6. The van der Waals surface area contributed by atoms with Crippen molar-refractivity contribution >= 4 is 39.9 Å². The van der Waals surface area contributed by atoms with E-state index in [9.17, 15) is 23.7 Å². The molecule has 2 amide bonds. The summed E-state index contributed by atoms with van der Waals surface area (Å²) >= 11 is 1.43. The van der Waals surface area contributed by atoms with Gasteiger partial charge in [0.15, 0.2) is 0 Å². The van der Waals surface area contributed by atoms with Gasteiger partial charge in [0.05, 0.1) is 22.0 Å². The predicted molar refractivity (Wildman–Crippen MR) is 84.2 cm³/mol. The number of nitrogens with one attached hydrogen (secondary N) is 1. The lowest BCUT2D eigenvalue weighted by atomic mass is 9.96. The molecule has 0 radical (unpaired) electrons. The van der Waals surface area contributed by atoms with Gasteiger partial charge in [0, 0.05) is 4.88 Å². The molecular formula is C14H16N2O5S2. The number of carboxylic acids is 1. The minimum absolute atomic E-state index is 0.145. The summed E-state index contributed by atoms with van der Waals surface area (Å²) in [6, 6.07) is 1.60. The zero-order valence-corrected chi connectivity index (χ0v) is 14.1. The van der Waals surface area contributed by atoms with Crippen LogP contribution in [0.5, 0.6) is 0 Å². The molecule has 2 aliphatic heterocycles. The minimum Gasteiger partial charge on any atom is -0.480 e. The smallest absolute Gasteiger partial charge is 0.328 e. The second kappa shape index (κ2) is 5.41. The molecule has 2 fully saturated rings. The van der Waals surface area contributed by atoms with Gasteiger partial charge in [0.1, 0.15) is 17.5 Å². The summed E-state index contributed by atoms with van der Waals surface area (Å²) in [5.74, 6) is -2.00. The zero-order valence-electron chi connectivity index (χ0n) is 12.5. The molecule has 2 aliphatic rings. The molecule has 9 heteroatoms. The van der Waals surface area contributed by atoms with E-state index in [4.69, 9.17) is 0 Å². The molecule has 124 valence electrons. The number of hydrogen-bond donors (Lipinski definition) is 2. The molecular weight excluding hydrogens is 340 g/mol. The maximum Gasteiger partial charge on any atom is 0.328 e. The van der Waals surface area contributed by atoms with E-state index >= 15 is 0 Å². The average Bonchev–Trinajstić information content (AvgIpc) is 3.02. The molecule has 7 nitrogen and oxygen atoms in total. The summed E-state index contributed by atoms with van der Waals surface area (Å²) in [7, 11) is -1.57. The number of amides is 2. The van der Waals surface area contributed by atoms with Gasteiger partial charge >= 0.3 is 5.97 Å². The van der Waals surface area contributed by atoms with E-state index in [2.05, 4.69) is 5.32 Å². The number of rotatable bonds is 4. The van der Waals surface area contributed by atoms with Crippen LogP contribution in [-0.4, -0.2) is 54.2 Å². The Bertz CT molecular complexity index is 700. The van der Waals surface area contributed by atoms with Crippen LogP contribution in [0.15, 0.2) is 17.5 Å². The molecule has 23 heavy (non-hydrogen) atoms. The highest BCUT2D eigenvalue weighted by Gasteiger charge is 2.68. The van der Waals surface area contributed by atoms with Crippen molar-refractivity contribution < 1.29 is 23.7 Å². The molecule has 1 aromatic heterocycles. The standard InChI is InChI=1S/C14H16N2O5S2/c1-14(2)10(13(19)20)16-11(18)9(12(16)23(14)21)15-8(17)6-7-4-3-5-22-7/h3-5,9-10,12H,6H2,1-2H3,(H,15,17)(H,19,20)/t9-,10+,12-,23?/m1/s1. The molecule has 1 unspecified atom stereocenters. The molecule has 0 spiro atoms. The lowest BCUT2D eigenvalue weighted by Gasteiger charge is -2.43. The van der Waals surface area contributed by atoms with Crippen LogP contribution in [0.1, 0.15) is 18.7 Å². The number of carboxylic acid groups (broad SMARTS) is 1. The number of carbonyl (C=O) groups excluding carboxylic acids is 2. The Morgan fingerprint density at radius 3 is 2.74 bits per heavy atom. The lowest BCUT2D eigenvalue weighted by molar-refractivity contribution is -0.161. The third kappa shape index (κ3) is 2.38. The molecule has 0 saturated carbocycles. The number of carbonyl (C=O) groups is 3. The number of nitrogens with zero attached hydrogens (tertiary/aromatic N) is 1. The van der Waals surface area contributed by atoms with Crippen molar-refractivity contribution in [1.82, 2.24) is 10.2 Å². The fraction of sp³-hybridized carbons (Fsp3) is 0.500. The largest absolute Gasteiger partial charge is 0.480 e. The highest BCUT2D eigenvalue weighted by atomic mass is 32.2. The first-order valence-electron chi connectivity index (χ1n) is 7.02. The number of aliphatic carboxylic acids is 1. The van der Waals surface area contributed by atoms with Crippen LogP contribution in [0.3, 0.4) is 0 Å². The van der Waals surface area contributed by atoms with E-state index in [-0.39, 0.29) is 12.3 Å². The molecule has 2 saturated heterocycles. The van der Waals surface area contributed by atoms with Gasteiger partial charge in [-0.25, -0.2) is 4.79 Å². The van der Waals surface area contributed by atoms with Crippen molar-refractivity contribution in [2.45, 2.75) is 42.5 Å². The van der Waals surface area contributed by atoms with E-state index in [0.29, 0.717) is 0 Å². The number of fused-ring (bicyclic) bond motifs is 1. The third-order valence-electron chi connectivity index (χ3n) is 4.22. The topological polar surface area (TPSA) is 104 Å². The Labute approximate surface area is 139 Å². The van der Waals surface area contributed by atoms with E-state index < -0.39 is 44.9 Å². The number of β-lactam (4-membered cyclic amide) rings is 1. The van der Waals surface area contributed by atoms with Crippen LogP contribution in [0, 0.1) is 0 Å². The monoisotopic (exact) mass is 356 g/mol. The Kier molecular flexibility index (Phi) is 3.80. The first kappa shape index (κ1) is 16.1. The average molecular weight is 356 g/mol. The third-order valence-corrected chi connectivity index (χ3v) is 7.29. The summed E-state index contributed by atoms with van der Waals surface area (Å²) in [5, 5.41) is 13.0. The van der Waals surface area contributed by atoms with E-state index in [1.807, 2.05) is 17.5 Å². The molecule has 2 N–H and O–H groups in total. The first-order chi connectivity index (χ1) is 10.7. The summed E-state index contributed by atoms with van der Waals surface area (Å²) in [6.07, 6.45) is 0.145. The van der Waals surface area contributed by atoms with Gasteiger partial charge in [0.2, 0.25) is 11.8 Å². The molecule has 0 bridgehead atoms.